The molecule has 0 aromatic rings. The maximum Gasteiger partial charge on any atom is 0.225 e. The Bertz CT molecular complexity index is 320. The minimum absolute atomic E-state index is 0.0351. The lowest BCUT2D eigenvalue weighted by atomic mass is 10.1. The topological polar surface area (TPSA) is 73.2 Å². The van der Waals surface area contributed by atoms with E-state index in [-0.39, 0.29) is 6.04 Å². The molecule has 80 valence electrons. The zero-order valence-electron chi connectivity index (χ0n) is 8.23. The van der Waals surface area contributed by atoms with Crippen LogP contribution in [0.4, 0.5) is 0 Å². The predicted octanol–water partition coefficient (Wildman–Crippen LogP) is -0.476. The van der Waals surface area contributed by atoms with Crippen LogP contribution in [0.2, 0.25) is 0 Å². The maximum atomic E-state index is 11.3. The molecule has 1 fully saturated rings. The second-order valence-corrected chi connectivity index (χ2v) is 5.39. The SMILES string of the molecule is CN1CCCC(NS(=O)(=O)CC#N)C1. The van der Waals surface area contributed by atoms with Gasteiger partial charge in [0.15, 0.2) is 5.75 Å². The van der Waals surface area contributed by atoms with Gasteiger partial charge in [-0.15, -0.1) is 0 Å². The van der Waals surface area contributed by atoms with Crippen molar-refractivity contribution in [3.63, 3.8) is 0 Å². The van der Waals surface area contributed by atoms with E-state index in [0.717, 1.165) is 25.9 Å². The van der Waals surface area contributed by atoms with E-state index in [4.69, 9.17) is 5.26 Å². The van der Waals surface area contributed by atoms with Gasteiger partial charge in [0.25, 0.3) is 0 Å². The molecule has 1 atom stereocenters. The number of likely N-dealkylation sites (tertiary alicyclic amines) is 1. The maximum absolute atomic E-state index is 11.3. The summed E-state index contributed by atoms with van der Waals surface area (Å²) in [5, 5.41) is 8.30. The lowest BCUT2D eigenvalue weighted by Gasteiger charge is -2.29. The highest BCUT2D eigenvalue weighted by Gasteiger charge is 2.21. The smallest absolute Gasteiger partial charge is 0.225 e. The highest BCUT2D eigenvalue weighted by atomic mass is 32.2. The Morgan fingerprint density at radius 2 is 2.36 bits per heavy atom. The Balaban J connectivity index is 2.48. The van der Waals surface area contributed by atoms with Crippen LogP contribution in [-0.2, 0) is 10.0 Å². The third-order valence-electron chi connectivity index (χ3n) is 2.23. The number of hydrogen-bond acceptors (Lipinski definition) is 4. The number of sulfonamides is 1. The van der Waals surface area contributed by atoms with Crippen LogP contribution in [0, 0.1) is 11.3 Å². The minimum atomic E-state index is -3.39. The second-order valence-electron chi connectivity index (χ2n) is 3.64. The van der Waals surface area contributed by atoms with Crippen LogP contribution in [0.5, 0.6) is 0 Å². The molecule has 1 aliphatic heterocycles. The lowest BCUT2D eigenvalue weighted by Crippen LogP contribution is -2.46. The first kappa shape index (κ1) is 11.4. The van der Waals surface area contributed by atoms with Crippen molar-refractivity contribution in [2.45, 2.75) is 18.9 Å². The molecule has 6 heteroatoms. The van der Waals surface area contributed by atoms with Crippen LogP contribution in [0.3, 0.4) is 0 Å². The van der Waals surface area contributed by atoms with E-state index < -0.39 is 15.8 Å². The van der Waals surface area contributed by atoms with Gasteiger partial charge in [-0.1, -0.05) is 0 Å². The molecule has 0 amide bonds. The molecule has 14 heavy (non-hydrogen) atoms. The molecule has 1 unspecified atom stereocenters. The predicted molar refractivity (Wildman–Crippen MR) is 53.1 cm³/mol. The van der Waals surface area contributed by atoms with Gasteiger partial charge in [0, 0.05) is 12.6 Å². The molecule has 1 saturated heterocycles. The third kappa shape index (κ3) is 3.62. The third-order valence-corrected chi connectivity index (χ3v) is 3.43. The molecule has 1 N–H and O–H groups in total. The number of nitrogens with one attached hydrogen (secondary N) is 1. The molecular weight excluding hydrogens is 202 g/mol. The number of nitrogens with zero attached hydrogens (tertiary/aromatic N) is 2. The van der Waals surface area contributed by atoms with E-state index in [9.17, 15) is 8.42 Å². The van der Waals surface area contributed by atoms with E-state index in [1.165, 1.54) is 0 Å². The number of piperidine rings is 1. The summed E-state index contributed by atoms with van der Waals surface area (Å²) >= 11 is 0. The van der Waals surface area contributed by atoms with Crippen molar-refractivity contribution in [3.8, 4) is 6.07 Å². The van der Waals surface area contributed by atoms with Crippen molar-refractivity contribution in [2.24, 2.45) is 0 Å². The van der Waals surface area contributed by atoms with Gasteiger partial charge in [-0.3, -0.25) is 0 Å². The van der Waals surface area contributed by atoms with Crippen molar-refractivity contribution in [2.75, 3.05) is 25.9 Å². The van der Waals surface area contributed by atoms with Crippen LogP contribution in [0.1, 0.15) is 12.8 Å². The molecule has 0 aromatic heterocycles. The number of rotatable bonds is 3. The monoisotopic (exact) mass is 217 g/mol. The fourth-order valence-corrected chi connectivity index (χ4v) is 2.60. The fourth-order valence-electron chi connectivity index (χ4n) is 1.64. The van der Waals surface area contributed by atoms with Crippen molar-refractivity contribution in [3.05, 3.63) is 0 Å². The molecule has 1 heterocycles. The molecule has 5 nitrogen and oxygen atoms in total. The number of likely N-dealkylation sites (N-methyl/N-ethyl adjacent to an activating group) is 1. The summed E-state index contributed by atoms with van der Waals surface area (Å²) in [4.78, 5) is 2.09. The summed E-state index contributed by atoms with van der Waals surface area (Å²) in [6.07, 6.45) is 1.85. The summed E-state index contributed by atoms with van der Waals surface area (Å²) in [7, 11) is -1.43. The van der Waals surface area contributed by atoms with Crippen LogP contribution >= 0.6 is 0 Å². The van der Waals surface area contributed by atoms with Gasteiger partial charge in [0.05, 0.1) is 6.07 Å². The quantitative estimate of drug-likeness (QED) is 0.693. The first-order valence-corrected chi connectivity index (χ1v) is 6.24. The molecule has 0 bridgehead atoms. The summed E-state index contributed by atoms with van der Waals surface area (Å²) in [6.45, 7) is 1.74. The fraction of sp³-hybridized carbons (Fsp3) is 0.875. The largest absolute Gasteiger partial charge is 0.305 e. The van der Waals surface area contributed by atoms with E-state index in [1.54, 1.807) is 6.07 Å². The molecular formula is C8H15N3O2S. The average Bonchev–Trinajstić information content (AvgIpc) is 2.02. The zero-order valence-corrected chi connectivity index (χ0v) is 9.05. The van der Waals surface area contributed by atoms with Crippen molar-refractivity contribution >= 4 is 10.0 Å². The van der Waals surface area contributed by atoms with E-state index in [0.29, 0.717) is 0 Å². The first-order chi connectivity index (χ1) is 6.53. The van der Waals surface area contributed by atoms with E-state index in [1.807, 2.05) is 7.05 Å². The summed E-state index contributed by atoms with van der Waals surface area (Å²) < 4.78 is 25.0. The van der Waals surface area contributed by atoms with Crippen molar-refractivity contribution in [1.29, 1.82) is 5.26 Å². The average molecular weight is 217 g/mol. The van der Waals surface area contributed by atoms with Gasteiger partial charge in [-0.05, 0) is 26.4 Å². The molecule has 0 aromatic carbocycles. The Hall–Kier alpha value is -0.640. The summed E-state index contributed by atoms with van der Waals surface area (Å²) in [5.74, 6) is -0.451. The molecule has 0 spiro atoms. The van der Waals surface area contributed by atoms with Crippen LogP contribution < -0.4 is 4.72 Å². The Labute approximate surface area is 84.8 Å². The Kier molecular flexibility index (Phi) is 3.86. The van der Waals surface area contributed by atoms with Crippen LogP contribution in [0.25, 0.3) is 0 Å². The zero-order chi connectivity index (χ0) is 10.6. The summed E-state index contributed by atoms with van der Waals surface area (Å²) in [5.41, 5.74) is 0. The molecule has 1 aliphatic rings. The molecule has 0 aliphatic carbocycles. The lowest BCUT2D eigenvalue weighted by molar-refractivity contribution is 0.242. The van der Waals surface area contributed by atoms with Crippen LogP contribution in [-0.4, -0.2) is 45.2 Å². The van der Waals surface area contributed by atoms with Crippen molar-refractivity contribution < 1.29 is 8.42 Å². The molecule has 0 saturated carbocycles. The number of hydrogen-bond donors (Lipinski definition) is 1. The van der Waals surface area contributed by atoms with Crippen molar-refractivity contribution in [1.82, 2.24) is 9.62 Å². The summed E-state index contributed by atoms with van der Waals surface area (Å²) in [6, 6.07) is 1.61. The van der Waals surface area contributed by atoms with Crippen LogP contribution in [0.15, 0.2) is 0 Å². The van der Waals surface area contributed by atoms with Gasteiger partial charge in [-0.25, -0.2) is 13.1 Å². The van der Waals surface area contributed by atoms with Gasteiger partial charge in [-0.2, -0.15) is 5.26 Å². The highest BCUT2D eigenvalue weighted by Crippen LogP contribution is 2.08. The molecule has 1 rings (SSSR count). The highest BCUT2D eigenvalue weighted by molar-refractivity contribution is 7.89. The minimum Gasteiger partial charge on any atom is -0.305 e. The Morgan fingerprint density at radius 1 is 1.64 bits per heavy atom. The number of nitriles is 1. The standard InChI is InChI=1S/C8H15N3O2S/c1-11-5-2-3-8(7-11)10-14(12,13)6-4-9/h8,10H,2-3,5-7H2,1H3. The van der Waals surface area contributed by atoms with Gasteiger partial charge in [0.1, 0.15) is 0 Å². The Morgan fingerprint density at radius 3 is 2.93 bits per heavy atom. The normalized spacial score (nSPS) is 24.4. The van der Waals surface area contributed by atoms with Gasteiger partial charge < -0.3 is 4.90 Å². The first-order valence-electron chi connectivity index (χ1n) is 4.59. The van der Waals surface area contributed by atoms with Gasteiger partial charge >= 0.3 is 0 Å². The molecule has 0 radical (unpaired) electrons. The van der Waals surface area contributed by atoms with Gasteiger partial charge in [0.2, 0.25) is 10.0 Å². The van der Waals surface area contributed by atoms with E-state index >= 15 is 0 Å². The second kappa shape index (κ2) is 4.73. The van der Waals surface area contributed by atoms with E-state index in [2.05, 4.69) is 9.62 Å².